The summed E-state index contributed by atoms with van der Waals surface area (Å²) in [6, 6.07) is 5.91. The molecule has 222 valence electrons. The van der Waals surface area contributed by atoms with Gasteiger partial charge in [0.1, 0.15) is 23.5 Å². The Labute approximate surface area is 240 Å². The molecule has 6 atom stereocenters. The summed E-state index contributed by atoms with van der Waals surface area (Å²) in [4.78, 5) is 56.3. The first kappa shape index (κ1) is 30.3. The molecule has 2 N–H and O–H groups in total. The molecule has 3 fully saturated rings. The largest absolute Gasteiger partial charge is 0.497 e. The highest BCUT2D eigenvalue weighted by Crippen LogP contribution is 2.58. The molecule has 1 spiro atoms. The highest BCUT2D eigenvalue weighted by Gasteiger charge is 2.75. The highest BCUT2D eigenvalue weighted by atomic mass is 16.6. The minimum atomic E-state index is -1.23. The average molecular weight is 570 g/mol. The molecule has 0 saturated carbocycles. The summed E-state index contributed by atoms with van der Waals surface area (Å²) in [7, 11) is 1.55. The number of anilines is 1. The standard InChI is InChI=1S/C30H39N3O8/c1-5-7-8-23(35)31-18-19(3)40-29(38)24-22-13-14-30(41-22)25(24)27(36)33(16-17-34)26(30)28(37)32(15-6-2)20-9-11-21(39-4)12-10-20/h5-6,9-12,19,22,24-26,34H,1-2,7-8,13-18H2,3-4H3,(H,31,35)/t19-,22-,24+,25+,26-,30+/m1/s1. The maximum Gasteiger partial charge on any atom is 0.312 e. The van der Waals surface area contributed by atoms with Crippen LogP contribution in [-0.2, 0) is 28.7 Å². The van der Waals surface area contributed by atoms with Crippen molar-refractivity contribution in [1.29, 1.82) is 0 Å². The number of aliphatic hydroxyl groups excluding tert-OH is 1. The van der Waals surface area contributed by atoms with Gasteiger partial charge in [0, 0.05) is 25.2 Å². The van der Waals surface area contributed by atoms with Crippen LogP contribution >= 0.6 is 0 Å². The summed E-state index contributed by atoms with van der Waals surface area (Å²) < 4.78 is 17.3. The van der Waals surface area contributed by atoms with Gasteiger partial charge in [-0.25, -0.2) is 0 Å². The number of hydrogen-bond donors (Lipinski definition) is 2. The molecule has 0 radical (unpaired) electrons. The number of esters is 1. The number of allylic oxidation sites excluding steroid dienone is 1. The van der Waals surface area contributed by atoms with Gasteiger partial charge in [-0.15, -0.1) is 13.2 Å². The lowest BCUT2D eigenvalue weighted by Crippen LogP contribution is -2.56. The Morgan fingerprint density at radius 1 is 1.27 bits per heavy atom. The van der Waals surface area contributed by atoms with Gasteiger partial charge in [0.15, 0.2) is 0 Å². The highest BCUT2D eigenvalue weighted by molar-refractivity contribution is 6.04. The SMILES string of the molecule is C=CCCC(=O)NC[C@@H](C)OC(=O)[C@@H]1[C@H]2C(=O)N(CCO)[C@H](C(=O)N(CC=C)c3ccc(OC)cc3)[C@]23CC[C@H]1O3. The van der Waals surface area contributed by atoms with E-state index in [-0.39, 0.29) is 44.5 Å². The minimum absolute atomic E-state index is 0.0824. The van der Waals surface area contributed by atoms with Gasteiger partial charge in [0.25, 0.3) is 5.91 Å². The number of ether oxygens (including phenoxy) is 3. The van der Waals surface area contributed by atoms with Crippen LogP contribution in [0.25, 0.3) is 0 Å². The fraction of sp³-hybridized carbons (Fsp3) is 0.533. The third-order valence-corrected chi connectivity index (χ3v) is 8.09. The Kier molecular flexibility index (Phi) is 9.49. The van der Waals surface area contributed by atoms with Crippen LogP contribution in [0.1, 0.15) is 32.6 Å². The number of hydrogen-bond acceptors (Lipinski definition) is 8. The van der Waals surface area contributed by atoms with Crippen molar-refractivity contribution in [2.24, 2.45) is 11.8 Å². The van der Waals surface area contributed by atoms with E-state index in [1.807, 2.05) is 0 Å². The fourth-order valence-electron chi connectivity index (χ4n) is 6.31. The van der Waals surface area contributed by atoms with Gasteiger partial charge in [0.05, 0.1) is 38.2 Å². The first-order chi connectivity index (χ1) is 19.7. The van der Waals surface area contributed by atoms with Crippen molar-refractivity contribution in [1.82, 2.24) is 10.2 Å². The number of nitrogens with one attached hydrogen (secondary N) is 1. The van der Waals surface area contributed by atoms with Crippen molar-refractivity contribution in [2.75, 3.05) is 38.3 Å². The van der Waals surface area contributed by atoms with Crippen molar-refractivity contribution < 1.29 is 38.5 Å². The van der Waals surface area contributed by atoms with Crippen molar-refractivity contribution in [3.63, 3.8) is 0 Å². The summed E-state index contributed by atoms with van der Waals surface area (Å²) in [5.41, 5.74) is -0.648. The van der Waals surface area contributed by atoms with E-state index in [1.54, 1.807) is 50.5 Å². The Balaban J connectivity index is 1.57. The summed E-state index contributed by atoms with van der Waals surface area (Å²) in [5, 5.41) is 12.6. The monoisotopic (exact) mass is 569 g/mol. The third-order valence-electron chi connectivity index (χ3n) is 8.09. The molecule has 11 nitrogen and oxygen atoms in total. The molecule has 3 amide bonds. The Bertz CT molecular complexity index is 1170. The van der Waals surface area contributed by atoms with Crippen LogP contribution in [0, 0.1) is 11.8 Å². The summed E-state index contributed by atoms with van der Waals surface area (Å²) in [6.45, 7) is 8.91. The minimum Gasteiger partial charge on any atom is -0.497 e. The molecule has 41 heavy (non-hydrogen) atoms. The number of β-amino-alcohol motifs (C(OH)–C–C–N with tert-alkyl or cyclic N) is 1. The molecule has 3 saturated heterocycles. The average Bonchev–Trinajstić information content (AvgIpc) is 3.61. The summed E-state index contributed by atoms with van der Waals surface area (Å²) in [5.74, 6) is -2.78. The lowest BCUT2D eigenvalue weighted by atomic mass is 9.70. The van der Waals surface area contributed by atoms with Crippen LogP contribution < -0.4 is 15.0 Å². The predicted molar refractivity (Wildman–Crippen MR) is 150 cm³/mol. The van der Waals surface area contributed by atoms with Crippen molar-refractivity contribution in [2.45, 2.75) is 56.5 Å². The number of aliphatic hydroxyl groups is 1. The molecule has 0 aromatic heterocycles. The van der Waals surface area contributed by atoms with E-state index in [4.69, 9.17) is 14.2 Å². The number of carbonyl (C=O) groups is 4. The van der Waals surface area contributed by atoms with Gasteiger partial charge >= 0.3 is 5.97 Å². The quantitative estimate of drug-likeness (QED) is 0.255. The zero-order chi connectivity index (χ0) is 29.7. The van der Waals surface area contributed by atoms with Gasteiger partial charge in [-0.05, 0) is 50.5 Å². The van der Waals surface area contributed by atoms with Crippen LogP contribution in [0.5, 0.6) is 5.75 Å². The fourth-order valence-corrected chi connectivity index (χ4v) is 6.31. The first-order valence-electron chi connectivity index (χ1n) is 14.0. The van der Waals surface area contributed by atoms with E-state index in [2.05, 4.69) is 18.5 Å². The van der Waals surface area contributed by atoms with Crippen molar-refractivity contribution in [3.05, 3.63) is 49.6 Å². The smallest absolute Gasteiger partial charge is 0.312 e. The number of rotatable bonds is 14. The molecule has 1 aromatic rings. The molecule has 0 unspecified atom stereocenters. The first-order valence-corrected chi connectivity index (χ1v) is 14.0. The second kappa shape index (κ2) is 12.9. The number of amides is 3. The van der Waals surface area contributed by atoms with Crippen LogP contribution in [0.3, 0.4) is 0 Å². The molecule has 11 heteroatoms. The van der Waals surface area contributed by atoms with Crippen molar-refractivity contribution in [3.8, 4) is 5.75 Å². The number of benzene rings is 1. The van der Waals surface area contributed by atoms with Gasteiger partial charge < -0.3 is 34.4 Å². The van der Waals surface area contributed by atoms with Crippen LogP contribution in [0.2, 0.25) is 0 Å². The topological polar surface area (TPSA) is 135 Å². The predicted octanol–water partition coefficient (Wildman–Crippen LogP) is 1.60. The van der Waals surface area contributed by atoms with E-state index < -0.39 is 47.6 Å². The van der Waals surface area contributed by atoms with E-state index in [1.165, 1.54) is 9.80 Å². The summed E-state index contributed by atoms with van der Waals surface area (Å²) in [6.07, 6.45) is 3.76. The number of carbonyl (C=O) groups excluding carboxylic acids is 4. The lowest BCUT2D eigenvalue weighted by molar-refractivity contribution is -0.159. The van der Waals surface area contributed by atoms with E-state index in [9.17, 15) is 24.3 Å². The Morgan fingerprint density at radius 3 is 2.63 bits per heavy atom. The maximum absolute atomic E-state index is 14.3. The molecule has 0 aliphatic carbocycles. The number of fused-ring (bicyclic) bond motifs is 1. The Hall–Kier alpha value is -3.70. The van der Waals surface area contributed by atoms with Gasteiger partial charge in [-0.2, -0.15) is 0 Å². The van der Waals surface area contributed by atoms with E-state index in [0.29, 0.717) is 30.7 Å². The van der Waals surface area contributed by atoms with Crippen LogP contribution in [-0.4, -0.2) is 90.9 Å². The number of likely N-dealkylation sites (tertiary alicyclic amines) is 1. The zero-order valence-electron chi connectivity index (χ0n) is 23.6. The summed E-state index contributed by atoms with van der Waals surface area (Å²) >= 11 is 0. The molecular formula is C30H39N3O8. The lowest BCUT2D eigenvalue weighted by Gasteiger charge is -2.36. The number of methoxy groups -OCH3 is 1. The third kappa shape index (κ3) is 5.73. The molecule has 3 aliphatic rings. The molecule has 3 aliphatic heterocycles. The zero-order valence-corrected chi connectivity index (χ0v) is 23.6. The molecular weight excluding hydrogens is 530 g/mol. The number of nitrogens with zero attached hydrogens (tertiary/aromatic N) is 2. The van der Waals surface area contributed by atoms with Gasteiger partial charge in [-0.1, -0.05) is 12.2 Å². The normalized spacial score (nSPS) is 26.7. The van der Waals surface area contributed by atoms with Crippen LogP contribution in [0.4, 0.5) is 5.69 Å². The molecule has 3 heterocycles. The molecule has 1 aromatic carbocycles. The van der Waals surface area contributed by atoms with Gasteiger partial charge in [-0.3, -0.25) is 19.2 Å². The van der Waals surface area contributed by atoms with E-state index in [0.717, 1.165) is 0 Å². The Morgan fingerprint density at radius 2 is 2.00 bits per heavy atom. The van der Waals surface area contributed by atoms with Gasteiger partial charge in [0.2, 0.25) is 11.8 Å². The molecule has 4 rings (SSSR count). The van der Waals surface area contributed by atoms with Crippen molar-refractivity contribution >= 4 is 29.4 Å². The second-order valence-corrected chi connectivity index (χ2v) is 10.6. The second-order valence-electron chi connectivity index (χ2n) is 10.6. The molecule has 2 bridgehead atoms. The maximum atomic E-state index is 14.3. The van der Waals surface area contributed by atoms with E-state index >= 15 is 0 Å². The van der Waals surface area contributed by atoms with Crippen LogP contribution in [0.15, 0.2) is 49.6 Å².